The predicted molar refractivity (Wildman–Crippen MR) is 74.2 cm³/mol. The zero-order chi connectivity index (χ0) is 11.9. The standard InChI is InChI=1S/C14H21N2S/c1-2-12(15-16-13-7-6-8-13)11-17-14-9-4-3-5-10-14/h3-5,9-10,12-13,16H,2,6-8,11H2,1H3. The van der Waals surface area contributed by atoms with Crippen molar-refractivity contribution in [1.29, 1.82) is 0 Å². The van der Waals surface area contributed by atoms with Gasteiger partial charge in [-0.25, -0.2) is 5.43 Å². The number of rotatable bonds is 7. The Bertz CT molecular complexity index is 311. The highest BCUT2D eigenvalue weighted by Crippen LogP contribution is 2.20. The second-order valence-electron chi connectivity index (χ2n) is 4.57. The van der Waals surface area contributed by atoms with Gasteiger partial charge in [-0.05, 0) is 31.4 Å². The zero-order valence-corrected chi connectivity index (χ0v) is 11.2. The SMILES string of the molecule is CCC(CSc1ccccc1)[N]NC1CCC1. The summed E-state index contributed by atoms with van der Waals surface area (Å²) >= 11 is 1.90. The molecule has 0 aliphatic heterocycles. The Morgan fingerprint density at radius 3 is 2.71 bits per heavy atom. The van der Waals surface area contributed by atoms with E-state index in [2.05, 4.69) is 48.1 Å². The highest BCUT2D eigenvalue weighted by Gasteiger charge is 2.18. The Hall–Kier alpha value is -0.510. The summed E-state index contributed by atoms with van der Waals surface area (Å²) in [5.74, 6) is 1.07. The fourth-order valence-electron chi connectivity index (χ4n) is 1.70. The quantitative estimate of drug-likeness (QED) is 0.593. The van der Waals surface area contributed by atoms with Crippen LogP contribution in [0, 0.1) is 0 Å². The molecule has 1 aliphatic rings. The molecule has 1 aliphatic carbocycles. The van der Waals surface area contributed by atoms with E-state index in [1.54, 1.807) is 0 Å². The molecular formula is C14H21N2S. The summed E-state index contributed by atoms with van der Waals surface area (Å²) in [5, 5.41) is 0. The summed E-state index contributed by atoms with van der Waals surface area (Å²) in [6.45, 7) is 2.21. The molecule has 3 heteroatoms. The molecular weight excluding hydrogens is 228 g/mol. The van der Waals surface area contributed by atoms with Crippen molar-refractivity contribution in [2.45, 2.75) is 49.6 Å². The average Bonchev–Trinajstić information content (AvgIpc) is 2.32. The molecule has 1 unspecified atom stereocenters. The van der Waals surface area contributed by atoms with E-state index in [9.17, 15) is 0 Å². The summed E-state index contributed by atoms with van der Waals surface area (Å²) < 4.78 is 0. The minimum Gasteiger partial charge on any atom is -0.237 e. The first-order valence-electron chi connectivity index (χ1n) is 6.51. The molecule has 0 aromatic heterocycles. The second kappa shape index (κ2) is 7.04. The van der Waals surface area contributed by atoms with Gasteiger partial charge in [0.1, 0.15) is 0 Å². The summed E-state index contributed by atoms with van der Waals surface area (Å²) in [4.78, 5) is 1.34. The maximum atomic E-state index is 4.61. The summed E-state index contributed by atoms with van der Waals surface area (Å²) in [5.41, 5.74) is 7.93. The molecule has 2 nitrogen and oxygen atoms in total. The minimum atomic E-state index is 0.431. The van der Waals surface area contributed by atoms with Crippen LogP contribution in [0.2, 0.25) is 0 Å². The first kappa shape index (κ1) is 12.9. The van der Waals surface area contributed by atoms with E-state index in [-0.39, 0.29) is 0 Å². The maximum absolute atomic E-state index is 4.61. The fourth-order valence-corrected chi connectivity index (χ4v) is 2.75. The van der Waals surface area contributed by atoms with Crippen LogP contribution in [0.1, 0.15) is 32.6 Å². The van der Waals surface area contributed by atoms with Gasteiger partial charge in [0.15, 0.2) is 0 Å². The van der Waals surface area contributed by atoms with E-state index in [4.69, 9.17) is 0 Å². The lowest BCUT2D eigenvalue weighted by Crippen LogP contribution is -2.44. The second-order valence-corrected chi connectivity index (χ2v) is 5.67. The molecule has 0 bridgehead atoms. The van der Waals surface area contributed by atoms with E-state index in [1.165, 1.54) is 24.2 Å². The van der Waals surface area contributed by atoms with Crippen LogP contribution in [-0.2, 0) is 0 Å². The summed E-state index contributed by atoms with van der Waals surface area (Å²) in [6, 6.07) is 11.7. The van der Waals surface area contributed by atoms with Gasteiger partial charge >= 0.3 is 0 Å². The molecule has 0 saturated heterocycles. The van der Waals surface area contributed by atoms with E-state index in [0.29, 0.717) is 12.1 Å². The molecule has 1 aromatic rings. The van der Waals surface area contributed by atoms with Crippen molar-refractivity contribution in [3.05, 3.63) is 30.3 Å². The first-order valence-corrected chi connectivity index (χ1v) is 7.50. The minimum absolute atomic E-state index is 0.431. The van der Waals surface area contributed by atoms with Crippen molar-refractivity contribution in [2.75, 3.05) is 5.75 Å². The molecule has 17 heavy (non-hydrogen) atoms. The van der Waals surface area contributed by atoms with Crippen molar-refractivity contribution < 1.29 is 0 Å². The zero-order valence-electron chi connectivity index (χ0n) is 10.4. The van der Waals surface area contributed by atoms with Gasteiger partial charge in [0, 0.05) is 16.7 Å². The van der Waals surface area contributed by atoms with Gasteiger partial charge in [0.05, 0.1) is 6.04 Å². The van der Waals surface area contributed by atoms with Crippen molar-refractivity contribution in [3.8, 4) is 0 Å². The molecule has 0 amide bonds. The van der Waals surface area contributed by atoms with E-state index >= 15 is 0 Å². The topological polar surface area (TPSA) is 26.1 Å². The van der Waals surface area contributed by atoms with Gasteiger partial charge in [-0.15, -0.1) is 11.8 Å². The largest absolute Gasteiger partial charge is 0.237 e. The average molecular weight is 249 g/mol. The van der Waals surface area contributed by atoms with Gasteiger partial charge in [-0.3, -0.25) is 0 Å². The molecule has 1 radical (unpaired) electrons. The molecule has 1 saturated carbocycles. The van der Waals surface area contributed by atoms with Gasteiger partial charge < -0.3 is 0 Å². The van der Waals surface area contributed by atoms with Gasteiger partial charge in [0.2, 0.25) is 0 Å². The number of benzene rings is 1. The number of nitrogens with zero attached hydrogens (tertiary/aromatic N) is 1. The summed E-state index contributed by atoms with van der Waals surface area (Å²) in [6.07, 6.45) is 5.07. The molecule has 1 N–H and O–H groups in total. The van der Waals surface area contributed by atoms with Crippen molar-refractivity contribution in [1.82, 2.24) is 10.9 Å². The van der Waals surface area contributed by atoms with E-state index in [0.717, 1.165) is 12.2 Å². The third-order valence-corrected chi connectivity index (χ3v) is 4.36. The van der Waals surface area contributed by atoms with Crippen LogP contribution in [0.3, 0.4) is 0 Å². The Morgan fingerprint density at radius 2 is 2.12 bits per heavy atom. The van der Waals surface area contributed by atoms with Gasteiger partial charge in [-0.2, -0.15) is 5.43 Å². The van der Waals surface area contributed by atoms with Gasteiger partial charge in [-0.1, -0.05) is 31.5 Å². The Labute approximate surface area is 109 Å². The number of thioether (sulfide) groups is 1. The molecule has 1 fully saturated rings. The van der Waals surface area contributed by atoms with E-state index in [1.807, 2.05) is 11.8 Å². The third kappa shape index (κ3) is 4.34. The number of hydrogen-bond donors (Lipinski definition) is 1. The Kier molecular flexibility index (Phi) is 5.36. The summed E-state index contributed by atoms with van der Waals surface area (Å²) in [7, 11) is 0. The van der Waals surface area contributed by atoms with Crippen LogP contribution < -0.4 is 10.9 Å². The maximum Gasteiger partial charge on any atom is 0.0507 e. The highest BCUT2D eigenvalue weighted by molar-refractivity contribution is 7.99. The van der Waals surface area contributed by atoms with Crippen molar-refractivity contribution in [3.63, 3.8) is 0 Å². The van der Waals surface area contributed by atoms with Crippen molar-refractivity contribution in [2.24, 2.45) is 0 Å². The highest BCUT2D eigenvalue weighted by atomic mass is 32.2. The smallest absolute Gasteiger partial charge is 0.0507 e. The van der Waals surface area contributed by atoms with Crippen LogP contribution in [-0.4, -0.2) is 17.8 Å². The first-order chi connectivity index (χ1) is 8.38. The normalized spacial score (nSPS) is 17.7. The molecule has 0 heterocycles. The number of nitrogens with one attached hydrogen (secondary N) is 1. The fraction of sp³-hybridized carbons (Fsp3) is 0.571. The van der Waals surface area contributed by atoms with E-state index < -0.39 is 0 Å². The molecule has 0 spiro atoms. The van der Waals surface area contributed by atoms with Crippen LogP contribution >= 0.6 is 11.8 Å². The van der Waals surface area contributed by atoms with Crippen molar-refractivity contribution >= 4 is 11.8 Å². The lowest BCUT2D eigenvalue weighted by Gasteiger charge is -2.27. The predicted octanol–water partition coefficient (Wildman–Crippen LogP) is 3.22. The van der Waals surface area contributed by atoms with Crippen LogP contribution in [0.15, 0.2) is 35.2 Å². The molecule has 2 rings (SSSR count). The molecule has 93 valence electrons. The number of hydrogen-bond acceptors (Lipinski definition) is 2. The van der Waals surface area contributed by atoms with Crippen LogP contribution in [0.4, 0.5) is 0 Å². The Morgan fingerprint density at radius 1 is 1.35 bits per heavy atom. The Balaban J connectivity index is 1.67. The third-order valence-electron chi connectivity index (χ3n) is 3.20. The van der Waals surface area contributed by atoms with Gasteiger partial charge in [0.25, 0.3) is 0 Å². The van der Waals surface area contributed by atoms with Crippen LogP contribution in [0.5, 0.6) is 0 Å². The molecule has 1 atom stereocenters. The molecule has 1 aromatic carbocycles. The lowest BCUT2D eigenvalue weighted by atomic mass is 9.94. The van der Waals surface area contributed by atoms with Crippen LogP contribution in [0.25, 0.3) is 0 Å². The lowest BCUT2D eigenvalue weighted by molar-refractivity contribution is 0.276. The monoisotopic (exact) mass is 249 g/mol.